The molecule has 1 aliphatic heterocycles. The largest absolute Gasteiger partial charge is 0.456 e. The van der Waals surface area contributed by atoms with E-state index in [2.05, 4.69) is 200 Å². The van der Waals surface area contributed by atoms with Crippen molar-refractivity contribution in [1.82, 2.24) is 4.57 Å². The molecule has 3 nitrogen and oxygen atoms in total. The molecule has 8 aromatic carbocycles. The first-order valence-electron chi connectivity index (χ1n) is 23.9. The Hall–Kier alpha value is -6.34. The van der Waals surface area contributed by atoms with Crippen LogP contribution in [0.3, 0.4) is 0 Å². The lowest BCUT2D eigenvalue weighted by molar-refractivity contribution is 0.332. The van der Waals surface area contributed by atoms with E-state index in [4.69, 9.17) is 4.42 Å². The molecule has 325 valence electrons. The van der Waals surface area contributed by atoms with E-state index in [1.54, 1.807) is 0 Å². The molecule has 14 rings (SSSR count). The van der Waals surface area contributed by atoms with Gasteiger partial charge in [-0.2, -0.15) is 0 Å². The monoisotopic (exact) mass is 901 g/mol. The van der Waals surface area contributed by atoms with Crippen LogP contribution in [0.25, 0.3) is 101 Å². The van der Waals surface area contributed by atoms with Gasteiger partial charge in [0.2, 0.25) is 0 Å². The minimum atomic E-state index is 0.0687. The lowest BCUT2D eigenvalue weighted by atomic mass is 9.58. The van der Waals surface area contributed by atoms with E-state index in [1.165, 1.54) is 125 Å². The van der Waals surface area contributed by atoms with Crippen molar-refractivity contribution in [3.63, 3.8) is 0 Å². The van der Waals surface area contributed by atoms with Crippen LogP contribution in [0.1, 0.15) is 83.6 Å². The number of para-hydroxylation sites is 1. The summed E-state index contributed by atoms with van der Waals surface area (Å²) >= 11 is 3.83. The third kappa shape index (κ3) is 5.69. The number of furan rings is 1. The molecule has 4 aromatic heterocycles. The van der Waals surface area contributed by atoms with E-state index in [9.17, 15) is 0 Å². The number of hydrogen-bond donors (Lipinski definition) is 1. The second kappa shape index (κ2) is 13.4. The summed E-state index contributed by atoms with van der Waals surface area (Å²) in [7, 11) is 2.49. The number of aromatic nitrogens is 1. The van der Waals surface area contributed by atoms with Crippen LogP contribution in [0, 0.1) is 6.92 Å². The number of thiophene rings is 2. The minimum absolute atomic E-state index is 0.0687. The van der Waals surface area contributed by atoms with Crippen molar-refractivity contribution >= 4 is 136 Å². The molecule has 1 N–H and O–H groups in total. The molecule has 67 heavy (non-hydrogen) atoms. The predicted octanol–water partition coefficient (Wildman–Crippen LogP) is 16.8. The van der Waals surface area contributed by atoms with Gasteiger partial charge in [-0.15, -0.1) is 22.7 Å². The second-order valence-electron chi connectivity index (χ2n) is 21.9. The van der Waals surface area contributed by atoms with Gasteiger partial charge in [-0.25, -0.2) is 0 Å². The fourth-order valence-electron chi connectivity index (χ4n) is 11.9. The molecule has 1 aliphatic carbocycles. The third-order valence-corrected chi connectivity index (χ3v) is 18.0. The number of fused-ring (bicyclic) bond motifs is 15. The highest BCUT2D eigenvalue weighted by molar-refractivity contribution is 7.26. The first-order valence-corrected chi connectivity index (χ1v) is 25.5. The van der Waals surface area contributed by atoms with E-state index in [-0.39, 0.29) is 16.2 Å². The van der Waals surface area contributed by atoms with Crippen LogP contribution in [0.2, 0.25) is 0 Å². The molecule has 0 unspecified atom stereocenters. The molecular weight excluding hydrogens is 852 g/mol. The summed E-state index contributed by atoms with van der Waals surface area (Å²) in [6, 6.07) is 48.6. The van der Waals surface area contributed by atoms with Gasteiger partial charge < -0.3 is 14.3 Å². The number of anilines is 2. The maximum Gasteiger partial charge on any atom is 0.197 e. The topological polar surface area (TPSA) is 30.1 Å². The Morgan fingerprint density at radius 1 is 0.597 bits per heavy atom. The molecule has 0 bridgehead atoms. The maximum atomic E-state index is 6.60. The van der Waals surface area contributed by atoms with Gasteiger partial charge in [0.25, 0.3) is 0 Å². The van der Waals surface area contributed by atoms with Crippen molar-refractivity contribution in [3.05, 3.63) is 150 Å². The SMILES string of the molecule is Cc1cc(-c2cc3c(cc2Nc2ccc(C(C)(C)C)cc2)sc2cc4c(cc23)C(C)(C)CCC4(C)C)c2c3c1c1cc4oc5ccccc5c4cc1n3-c1cc3c(cc1[B]2)sc1ccccc13. The Bertz CT molecular complexity index is 4150. The normalized spacial score (nSPS) is 15.4. The lowest BCUT2D eigenvalue weighted by Gasteiger charge is -2.41. The van der Waals surface area contributed by atoms with E-state index < -0.39 is 0 Å². The van der Waals surface area contributed by atoms with E-state index >= 15 is 0 Å². The molecule has 1 radical (unpaired) electrons. The highest BCUT2D eigenvalue weighted by Crippen LogP contribution is 2.51. The fraction of sp³-hybridized carbons (Fsp3) is 0.213. The van der Waals surface area contributed by atoms with Crippen molar-refractivity contribution in [2.75, 3.05) is 5.32 Å². The summed E-state index contributed by atoms with van der Waals surface area (Å²) in [6.45, 7) is 18.9. The van der Waals surface area contributed by atoms with Crippen LogP contribution in [0.4, 0.5) is 11.4 Å². The average molecular weight is 902 g/mol. The molecule has 0 saturated carbocycles. The molecule has 6 heteroatoms. The van der Waals surface area contributed by atoms with Crippen LogP contribution in [-0.4, -0.2) is 11.8 Å². The lowest BCUT2D eigenvalue weighted by Crippen LogP contribution is -2.37. The number of nitrogens with one attached hydrogen (secondary N) is 1. The Kier molecular flexibility index (Phi) is 7.98. The predicted molar refractivity (Wildman–Crippen MR) is 293 cm³/mol. The van der Waals surface area contributed by atoms with Gasteiger partial charge in [-0.1, -0.05) is 109 Å². The number of nitrogens with zero attached hydrogens (tertiary/aromatic N) is 1. The van der Waals surface area contributed by atoms with Gasteiger partial charge in [0.1, 0.15) is 11.2 Å². The highest BCUT2D eigenvalue weighted by Gasteiger charge is 2.38. The van der Waals surface area contributed by atoms with Crippen LogP contribution in [0.5, 0.6) is 0 Å². The zero-order valence-corrected chi connectivity index (χ0v) is 40.9. The van der Waals surface area contributed by atoms with Crippen LogP contribution >= 0.6 is 22.7 Å². The van der Waals surface area contributed by atoms with Gasteiger partial charge in [0.05, 0.1) is 5.52 Å². The number of benzene rings is 8. The molecule has 12 aromatic rings. The number of hydrogen-bond acceptors (Lipinski definition) is 4. The summed E-state index contributed by atoms with van der Waals surface area (Å²) in [5.74, 6) is 0. The quantitative estimate of drug-likeness (QED) is 0.179. The smallest absolute Gasteiger partial charge is 0.197 e. The number of aryl methyl sites for hydroxylation is 1. The fourth-order valence-corrected chi connectivity index (χ4v) is 14.2. The molecule has 0 amide bonds. The summed E-state index contributed by atoms with van der Waals surface area (Å²) in [4.78, 5) is 0. The Morgan fingerprint density at radius 3 is 2.06 bits per heavy atom. The van der Waals surface area contributed by atoms with Crippen molar-refractivity contribution in [2.45, 2.75) is 84.5 Å². The molecule has 2 aliphatic rings. The van der Waals surface area contributed by atoms with Gasteiger partial charge in [-0.3, -0.25) is 0 Å². The molecule has 0 fully saturated rings. The summed E-state index contributed by atoms with van der Waals surface area (Å²) in [5.41, 5.74) is 18.6. The molecule has 0 spiro atoms. The zero-order valence-electron chi connectivity index (χ0n) is 39.3. The van der Waals surface area contributed by atoms with Crippen molar-refractivity contribution in [3.8, 4) is 16.8 Å². The summed E-state index contributed by atoms with van der Waals surface area (Å²) < 4.78 is 14.5. The van der Waals surface area contributed by atoms with Gasteiger partial charge in [0.15, 0.2) is 7.28 Å². The Labute approximate surface area is 399 Å². The second-order valence-corrected chi connectivity index (χ2v) is 24.1. The van der Waals surface area contributed by atoms with E-state index in [0.717, 1.165) is 33.3 Å². The maximum absolute atomic E-state index is 6.60. The van der Waals surface area contributed by atoms with E-state index in [0.29, 0.717) is 0 Å². The number of rotatable bonds is 3. The van der Waals surface area contributed by atoms with Gasteiger partial charge in [0, 0.05) is 90.0 Å². The summed E-state index contributed by atoms with van der Waals surface area (Å²) in [5, 5.41) is 14.1. The Balaban J connectivity index is 1.08. The third-order valence-electron chi connectivity index (χ3n) is 15.7. The van der Waals surface area contributed by atoms with Crippen LogP contribution in [0.15, 0.2) is 132 Å². The van der Waals surface area contributed by atoms with Crippen LogP contribution in [-0.2, 0) is 16.2 Å². The zero-order chi connectivity index (χ0) is 45.5. The van der Waals surface area contributed by atoms with Gasteiger partial charge in [-0.05, 0) is 142 Å². The summed E-state index contributed by atoms with van der Waals surface area (Å²) in [6.07, 6.45) is 2.39. The molecular formula is C61H50BN2OS2. The molecule has 0 atom stereocenters. The Morgan fingerprint density at radius 2 is 1.27 bits per heavy atom. The first kappa shape index (κ1) is 39.8. The highest BCUT2D eigenvalue weighted by atomic mass is 32.1. The van der Waals surface area contributed by atoms with Crippen molar-refractivity contribution in [2.24, 2.45) is 0 Å². The molecule has 5 heterocycles. The standard InChI is InChI=1S/C61H50BN2OS2/c1-32-23-42(37-24-39-40-25-44-45(61(7,8)22-21-60(44,5)6)29-53(40)67-55(39)31-47(37)63-34-19-17-33(18-20-34)59(2,3)4)57-58-56(32)43-28-51-38(35-13-9-11-15-50(35)65-51)26-48(43)64(58)49-27-41-36-14-10-12-16-52(36)66-54(41)30-46(49)62-57/h9-20,23-31,63H,21-22H2,1-8H3. The molecule has 0 saturated heterocycles. The van der Waals surface area contributed by atoms with Crippen molar-refractivity contribution in [1.29, 1.82) is 0 Å². The van der Waals surface area contributed by atoms with Gasteiger partial charge >= 0.3 is 0 Å². The average Bonchev–Trinajstić information content (AvgIpc) is 4.05. The minimum Gasteiger partial charge on any atom is -0.456 e. The van der Waals surface area contributed by atoms with Crippen LogP contribution < -0.4 is 16.2 Å². The first-order chi connectivity index (χ1) is 32.2. The van der Waals surface area contributed by atoms with E-state index in [1.807, 2.05) is 22.7 Å². The van der Waals surface area contributed by atoms with Crippen molar-refractivity contribution < 1.29 is 4.42 Å².